The highest BCUT2D eigenvalue weighted by molar-refractivity contribution is 6.00. The van der Waals surface area contributed by atoms with Gasteiger partial charge in [0.1, 0.15) is 35.2 Å². The van der Waals surface area contributed by atoms with Crippen molar-refractivity contribution in [2.75, 3.05) is 37.7 Å². The fourth-order valence-electron chi connectivity index (χ4n) is 7.76. The van der Waals surface area contributed by atoms with Crippen LogP contribution in [0.5, 0.6) is 11.8 Å². The Bertz CT molecular complexity index is 1700. The summed E-state index contributed by atoms with van der Waals surface area (Å²) < 4.78 is 23.0. The maximum Gasteiger partial charge on any atom is 0.319 e. The summed E-state index contributed by atoms with van der Waals surface area (Å²) in [7, 11) is 0. The molecular formula is C32H33FN6O3. The number of phenols is 1. The molecule has 0 spiro atoms. The van der Waals surface area contributed by atoms with Crippen molar-refractivity contribution >= 4 is 33.3 Å². The number of carbonyl (C=O) groups is 1. The molecular weight excluding hydrogens is 535 g/mol. The topological polar surface area (TPSA) is 104 Å². The highest BCUT2D eigenvalue weighted by Crippen LogP contribution is 2.40. The third-order valence-electron chi connectivity index (χ3n) is 9.63. The van der Waals surface area contributed by atoms with E-state index >= 15 is 4.39 Å². The standard InChI is InChI=1S/C32H33FN6O3/c33-27-28(25-14-22(40)11-19-5-1-2-6-24(19)25)34-15-26-29(27)36-31(42-18-32-7-3-9-39(32)10-4-8-32)37-30(26)38-16-20-12-23(41)13-21(17-38)35-20/h1-2,5-6,11,14-15,20-21,35,40H,3-4,7-10,12-13,16-18H2. The van der Waals surface area contributed by atoms with E-state index in [2.05, 4.69) is 25.1 Å². The number of aromatic hydroxyl groups is 1. The lowest BCUT2D eigenvalue weighted by Crippen LogP contribution is -2.60. The van der Waals surface area contributed by atoms with Gasteiger partial charge in [0.05, 0.1) is 10.9 Å². The molecule has 0 amide bonds. The molecule has 42 heavy (non-hydrogen) atoms. The summed E-state index contributed by atoms with van der Waals surface area (Å²) in [6.07, 6.45) is 7.03. The molecule has 0 radical (unpaired) electrons. The van der Waals surface area contributed by atoms with Gasteiger partial charge in [0.2, 0.25) is 0 Å². The van der Waals surface area contributed by atoms with Crippen LogP contribution in [0.2, 0.25) is 0 Å². The maximum atomic E-state index is 16.6. The smallest absolute Gasteiger partial charge is 0.319 e. The summed E-state index contributed by atoms with van der Waals surface area (Å²) in [6, 6.07) is 10.9. The molecule has 10 heteroatoms. The summed E-state index contributed by atoms with van der Waals surface area (Å²) in [4.78, 5) is 31.0. The van der Waals surface area contributed by atoms with Crippen LogP contribution in [0.15, 0.2) is 42.6 Å². The second-order valence-electron chi connectivity index (χ2n) is 12.3. The van der Waals surface area contributed by atoms with Gasteiger partial charge >= 0.3 is 6.01 Å². The summed E-state index contributed by atoms with van der Waals surface area (Å²) in [5.74, 6) is 0.305. The van der Waals surface area contributed by atoms with Gasteiger partial charge in [-0.2, -0.15) is 9.97 Å². The number of pyridine rings is 1. The van der Waals surface area contributed by atoms with Crippen LogP contribution in [-0.4, -0.2) is 81.2 Å². The van der Waals surface area contributed by atoms with Gasteiger partial charge in [-0.1, -0.05) is 24.3 Å². The monoisotopic (exact) mass is 568 g/mol. The number of aromatic nitrogens is 3. The average molecular weight is 569 g/mol. The third kappa shape index (κ3) is 4.27. The van der Waals surface area contributed by atoms with Crippen LogP contribution in [-0.2, 0) is 4.79 Å². The van der Waals surface area contributed by atoms with Gasteiger partial charge in [0.15, 0.2) is 5.82 Å². The molecule has 2 atom stereocenters. The fraction of sp³-hybridized carbons (Fsp3) is 0.438. The number of piperazine rings is 1. The van der Waals surface area contributed by atoms with Crippen molar-refractivity contribution in [2.45, 2.75) is 56.1 Å². The Morgan fingerprint density at radius 1 is 1.05 bits per heavy atom. The first-order chi connectivity index (χ1) is 20.5. The second-order valence-corrected chi connectivity index (χ2v) is 12.3. The molecule has 2 aromatic heterocycles. The third-order valence-corrected chi connectivity index (χ3v) is 9.63. The summed E-state index contributed by atoms with van der Waals surface area (Å²) in [6.45, 7) is 3.78. The Morgan fingerprint density at radius 3 is 2.60 bits per heavy atom. The molecule has 4 fully saturated rings. The number of Topliss-reactive ketones (excluding diaryl/α,β-unsaturated/α-hetero) is 1. The minimum atomic E-state index is -0.580. The molecule has 2 N–H and O–H groups in total. The molecule has 4 aliphatic rings. The number of piperidine rings is 1. The van der Waals surface area contributed by atoms with Gasteiger partial charge in [-0.05, 0) is 61.7 Å². The van der Waals surface area contributed by atoms with Crippen LogP contribution >= 0.6 is 0 Å². The molecule has 2 unspecified atom stereocenters. The first-order valence-corrected chi connectivity index (χ1v) is 14.9. The summed E-state index contributed by atoms with van der Waals surface area (Å²) in [5, 5.41) is 16.1. The Balaban J connectivity index is 1.25. The van der Waals surface area contributed by atoms with E-state index < -0.39 is 5.82 Å². The Labute approximate surface area is 242 Å². The highest BCUT2D eigenvalue weighted by Gasteiger charge is 2.45. The number of phenolic OH excluding ortho intramolecular Hbond substituents is 1. The lowest BCUT2D eigenvalue weighted by Gasteiger charge is -2.42. The van der Waals surface area contributed by atoms with E-state index in [4.69, 9.17) is 9.72 Å². The quantitative estimate of drug-likeness (QED) is 0.367. The van der Waals surface area contributed by atoms with E-state index in [0.29, 0.717) is 49.3 Å². The van der Waals surface area contributed by atoms with Crippen molar-refractivity contribution < 1.29 is 19.0 Å². The molecule has 2 bridgehead atoms. The summed E-state index contributed by atoms with van der Waals surface area (Å²) >= 11 is 0. The van der Waals surface area contributed by atoms with Gasteiger partial charge in [0.25, 0.3) is 0 Å². The van der Waals surface area contributed by atoms with Crippen LogP contribution in [0.4, 0.5) is 10.2 Å². The number of ether oxygens (including phenoxy) is 1. The molecule has 6 heterocycles. The van der Waals surface area contributed by atoms with E-state index in [1.165, 1.54) is 0 Å². The van der Waals surface area contributed by atoms with Gasteiger partial charge in [-0.15, -0.1) is 0 Å². The second kappa shape index (κ2) is 9.84. The molecule has 2 aromatic carbocycles. The zero-order valence-corrected chi connectivity index (χ0v) is 23.4. The predicted molar refractivity (Wildman–Crippen MR) is 157 cm³/mol. The van der Waals surface area contributed by atoms with Crippen LogP contribution in [0.1, 0.15) is 38.5 Å². The number of benzene rings is 2. The molecule has 0 aliphatic carbocycles. The zero-order chi connectivity index (χ0) is 28.4. The van der Waals surface area contributed by atoms with E-state index in [1.807, 2.05) is 24.3 Å². The first kappa shape index (κ1) is 25.8. The molecule has 0 saturated carbocycles. The normalized spacial score (nSPS) is 23.5. The van der Waals surface area contributed by atoms with E-state index in [9.17, 15) is 9.90 Å². The number of carbonyl (C=O) groups excluding carboxylic acids is 1. The van der Waals surface area contributed by atoms with Crippen LogP contribution < -0.4 is 15.0 Å². The van der Waals surface area contributed by atoms with Crippen molar-refractivity contribution in [3.63, 3.8) is 0 Å². The number of fused-ring (bicyclic) bond motifs is 5. The van der Waals surface area contributed by atoms with E-state index in [-0.39, 0.29) is 46.4 Å². The lowest BCUT2D eigenvalue weighted by atomic mass is 9.93. The Hall–Kier alpha value is -3.89. The predicted octanol–water partition coefficient (Wildman–Crippen LogP) is 4.21. The minimum absolute atomic E-state index is 0.00661. The molecule has 4 saturated heterocycles. The van der Waals surface area contributed by atoms with Gasteiger partial charge in [-0.3, -0.25) is 14.7 Å². The van der Waals surface area contributed by atoms with Crippen LogP contribution in [0.25, 0.3) is 32.9 Å². The van der Waals surface area contributed by atoms with E-state index in [0.717, 1.165) is 49.5 Å². The molecule has 9 nitrogen and oxygen atoms in total. The lowest BCUT2D eigenvalue weighted by molar-refractivity contribution is -0.121. The average Bonchev–Trinajstić information content (AvgIpc) is 3.56. The number of anilines is 1. The van der Waals surface area contributed by atoms with Gasteiger partial charge in [0, 0.05) is 49.8 Å². The van der Waals surface area contributed by atoms with Crippen molar-refractivity contribution in [2.24, 2.45) is 0 Å². The molecule has 216 valence electrons. The van der Waals surface area contributed by atoms with Gasteiger partial charge < -0.3 is 20.1 Å². The van der Waals surface area contributed by atoms with Crippen molar-refractivity contribution in [3.8, 4) is 23.0 Å². The first-order valence-electron chi connectivity index (χ1n) is 14.9. The Kier molecular flexibility index (Phi) is 6.05. The van der Waals surface area contributed by atoms with Crippen molar-refractivity contribution in [1.82, 2.24) is 25.2 Å². The number of hydrogen-bond acceptors (Lipinski definition) is 9. The highest BCUT2D eigenvalue weighted by atomic mass is 19.1. The number of halogens is 1. The SMILES string of the molecule is O=C1CC2CN(c3nc(OCC45CCCN4CCC5)nc4c(F)c(-c5cc(O)cc6ccccc56)ncc34)CC(C1)N2. The maximum absolute atomic E-state index is 16.6. The van der Waals surface area contributed by atoms with Crippen LogP contribution in [0.3, 0.4) is 0 Å². The number of nitrogens with one attached hydrogen (secondary N) is 1. The number of nitrogens with zero attached hydrogens (tertiary/aromatic N) is 5. The number of hydrogen-bond donors (Lipinski definition) is 2. The largest absolute Gasteiger partial charge is 0.508 e. The number of rotatable bonds is 5. The number of ketones is 1. The zero-order valence-electron chi connectivity index (χ0n) is 23.4. The van der Waals surface area contributed by atoms with Gasteiger partial charge in [-0.25, -0.2) is 4.39 Å². The molecule has 8 rings (SSSR count). The van der Waals surface area contributed by atoms with Crippen LogP contribution in [0, 0.1) is 5.82 Å². The Morgan fingerprint density at radius 2 is 1.81 bits per heavy atom. The molecule has 4 aliphatic heterocycles. The fourth-order valence-corrected chi connectivity index (χ4v) is 7.76. The van der Waals surface area contributed by atoms with E-state index in [1.54, 1.807) is 18.3 Å². The minimum Gasteiger partial charge on any atom is -0.508 e. The summed E-state index contributed by atoms with van der Waals surface area (Å²) in [5.41, 5.74) is 0.742. The van der Waals surface area contributed by atoms with Crippen molar-refractivity contribution in [1.29, 1.82) is 0 Å². The molecule has 4 aromatic rings. The van der Waals surface area contributed by atoms with Crippen molar-refractivity contribution in [3.05, 3.63) is 48.4 Å².